The molecule has 696 valence electrons. The first kappa shape index (κ1) is 92.5. The van der Waals surface area contributed by atoms with Crippen molar-refractivity contribution in [1.29, 1.82) is 10.5 Å². The van der Waals surface area contributed by atoms with Crippen LogP contribution in [0.4, 0.5) is 46.0 Å². The Morgan fingerprint density at radius 1 is 0.419 bits per heavy atom. The Morgan fingerprint density at radius 2 is 0.838 bits per heavy atom. The van der Waals surface area contributed by atoms with E-state index in [2.05, 4.69) is 87.5 Å². The summed E-state index contributed by atoms with van der Waals surface area (Å²) in [7, 11) is 6.44. The van der Waals surface area contributed by atoms with Crippen molar-refractivity contribution in [3.63, 3.8) is 0 Å². The molecule has 17 heterocycles. The highest BCUT2D eigenvalue weighted by molar-refractivity contribution is 5.70. The molecule has 0 saturated carbocycles. The zero-order chi connectivity index (χ0) is 94.8. The Kier molecular flexibility index (Phi) is 28.2. The van der Waals surface area contributed by atoms with Crippen LogP contribution in [-0.4, -0.2) is 226 Å². The van der Waals surface area contributed by atoms with Gasteiger partial charge in [-0.3, -0.25) is 55.9 Å². The van der Waals surface area contributed by atoms with E-state index < -0.39 is 29.4 Å². The van der Waals surface area contributed by atoms with E-state index in [-0.39, 0.29) is 56.5 Å². The highest BCUT2D eigenvalue weighted by atomic mass is 19.1. The van der Waals surface area contributed by atoms with Crippen LogP contribution in [0.1, 0.15) is 37.3 Å². The maximum atomic E-state index is 14.1. The Labute approximate surface area is 777 Å². The number of aliphatic hydroxyl groups is 1. The first-order valence-corrected chi connectivity index (χ1v) is 44.8. The number of aliphatic hydroxyl groups excluding tert-OH is 1. The average molecular weight is 1840 g/mol. The van der Waals surface area contributed by atoms with Gasteiger partial charge < -0.3 is 65.1 Å². The molecular formula is C100H99F4N23O9. The summed E-state index contributed by atoms with van der Waals surface area (Å²) in [5, 5.41) is 42.0. The van der Waals surface area contributed by atoms with Gasteiger partial charge in [-0.25, -0.2) is 42.5 Å². The molecule has 4 aromatic carbocycles. The van der Waals surface area contributed by atoms with Gasteiger partial charge in [0.25, 0.3) is 27.8 Å². The van der Waals surface area contributed by atoms with Crippen molar-refractivity contribution < 1.29 is 36.9 Å². The summed E-state index contributed by atoms with van der Waals surface area (Å²) in [4.78, 5) is 103. The number of pyridine rings is 6. The third-order valence-electron chi connectivity index (χ3n) is 24.9. The number of ether oxygens (including phenoxy) is 3. The number of fused-ring (bicyclic) bond motifs is 5. The lowest BCUT2D eigenvalue weighted by Gasteiger charge is -2.33. The van der Waals surface area contributed by atoms with E-state index in [4.69, 9.17) is 24.7 Å². The highest BCUT2D eigenvalue weighted by Gasteiger charge is 2.37. The van der Waals surface area contributed by atoms with Gasteiger partial charge >= 0.3 is 0 Å². The molecule has 0 aliphatic carbocycles. The molecule has 0 unspecified atom stereocenters. The Morgan fingerprint density at radius 3 is 1.26 bits per heavy atom. The maximum Gasteiger partial charge on any atom is 0.258 e. The molecule has 0 radical (unpaired) electrons. The molecule has 21 rings (SSSR count). The van der Waals surface area contributed by atoms with Gasteiger partial charge in [0, 0.05) is 206 Å². The van der Waals surface area contributed by atoms with E-state index in [0.717, 1.165) is 157 Å². The minimum Gasteiger partial charge on any atom is -0.495 e. The fourth-order valence-corrected chi connectivity index (χ4v) is 17.7. The Hall–Kier alpha value is -15.3. The number of nitrogens with one attached hydrogen (secondary N) is 4. The number of hydrogen-bond donors (Lipinski definition) is 5. The number of piperazine rings is 3. The van der Waals surface area contributed by atoms with E-state index in [0.29, 0.717) is 103 Å². The predicted octanol–water partition coefficient (Wildman–Crippen LogP) is 9.59. The normalized spacial score (nSPS) is 17.1. The zero-order valence-corrected chi connectivity index (χ0v) is 75.4. The molecule has 11 aromatic heterocycles. The number of methoxy groups -OCH3 is 3. The SMILES string of the molecule is COc1ccc(-c2cc(=O)n3cc(N(C)[C@@H]4CCNC4)ccc3n2)cc1F.COc1ccc(-c2cc(=O)n3cc(N4C[C@H](O)[C@@H](N5CCCC5)C4)ccc3n2)cc1F.COc1cncc(-c2cc(=O)n3cc(N4CCNCC4)ccc3n2)c1.C[C@H]1CN(c2ccc3nc(-c4cc(F)cc(C#N)c4)cc(=O)n3c2)CCN1.N#Cc1cc(F)cc(-c2cc(=O)n3cc(N4CCNCC4)ccc3n2)c1. The number of likely N-dealkylation sites (N-methyl/N-ethyl adjacent to an activating group) is 1. The van der Waals surface area contributed by atoms with Gasteiger partial charge in [0.1, 0.15) is 45.6 Å². The number of aromatic nitrogens is 11. The van der Waals surface area contributed by atoms with Gasteiger partial charge in [0.15, 0.2) is 23.1 Å². The van der Waals surface area contributed by atoms with E-state index >= 15 is 0 Å². The van der Waals surface area contributed by atoms with Crippen molar-refractivity contribution in [3.05, 3.63) is 299 Å². The summed E-state index contributed by atoms with van der Waals surface area (Å²) >= 11 is 0. The summed E-state index contributed by atoms with van der Waals surface area (Å²) in [5.74, 6) is -1.12. The summed E-state index contributed by atoms with van der Waals surface area (Å²) in [6.07, 6.45) is 15.3. The lowest BCUT2D eigenvalue weighted by Crippen LogP contribution is -2.49. The summed E-state index contributed by atoms with van der Waals surface area (Å²) < 4.78 is 78.2. The van der Waals surface area contributed by atoms with Crippen LogP contribution in [0, 0.1) is 45.9 Å². The number of benzene rings is 4. The number of likely N-dealkylation sites (tertiary alicyclic amines) is 1. The number of nitriles is 2. The Bertz CT molecular complexity index is 7390. The number of nitrogens with zero attached hydrogens (tertiary/aromatic N) is 19. The van der Waals surface area contributed by atoms with E-state index in [1.54, 1.807) is 79.0 Å². The summed E-state index contributed by atoms with van der Waals surface area (Å²) in [6, 6.07) is 49.4. The maximum absolute atomic E-state index is 14.1. The van der Waals surface area contributed by atoms with E-state index in [1.807, 2.05) is 73.9 Å². The molecule has 0 bridgehead atoms. The average Bonchev–Trinajstić information content (AvgIpc) is 1.35. The second-order valence-corrected chi connectivity index (χ2v) is 33.8. The number of β-amino-alcohol motifs (C(OH)–C–C–N with tert-alkyl or cyclic N) is 1. The minimum absolute atomic E-state index is 0.111. The molecule has 6 aliphatic heterocycles. The van der Waals surface area contributed by atoms with Crippen LogP contribution >= 0.6 is 0 Å². The molecule has 5 N–H and O–H groups in total. The number of halogens is 4. The van der Waals surface area contributed by atoms with Crippen LogP contribution in [0.2, 0.25) is 0 Å². The predicted molar refractivity (Wildman–Crippen MR) is 514 cm³/mol. The number of anilines is 5. The molecule has 6 aliphatic rings. The van der Waals surface area contributed by atoms with E-state index in [9.17, 15) is 46.6 Å². The standard InChI is InChI=1S/C23H25FN4O3.C20H18FN5O.C20H21FN4O2.C19H16FN5O.C18H19N5O2/c1-31-21-6-4-15(10-17(21)24)18-11-23(30)28-12-16(5-7-22(28)25-18)27-13-19(20(29)14-27)26-8-2-3-9-26;1-13-11-25(5-4-23-13)17-2-3-19-24-18(9-20(27)26(19)12-17)15-6-14(10-22)7-16(21)8-15;1-24(14-7-8-22-11-14)15-4-6-19-23-17(10-20(26)25(19)12-15)13-3-5-18(27-2)16(21)9-13;20-15-8-13(11-21)7-14(9-15)17-10-19(26)25-12-16(1-2-18(25)23-17)24-5-3-22-4-6-24;1-25-15-8-13(10-20-11-15)16-9-18(24)23-12-14(2-3-17(23)21-16)22-6-4-19-5-7-22/h4-7,10-12,19-20,29H,2-3,8-9,13-14H2,1H3;2-3,6-9,12-13,23H,4-5,11H2,1H3;3-6,9-10,12,14,22H,7-8,11H2,1-2H3;1-2,7-10,12,22H,3-6H2;2-3,8-12,19H,4-7H2,1H3/t19-,20-;13-;14-;;/m001../s1. The van der Waals surface area contributed by atoms with E-state index in [1.165, 1.54) is 124 Å². The zero-order valence-electron chi connectivity index (χ0n) is 75.4. The molecule has 136 heavy (non-hydrogen) atoms. The lowest BCUT2D eigenvalue weighted by atomic mass is 10.1. The number of rotatable bonds is 15. The fourth-order valence-electron chi connectivity index (χ4n) is 17.7. The van der Waals surface area contributed by atoms with Gasteiger partial charge in [-0.05, 0) is 185 Å². The van der Waals surface area contributed by atoms with Crippen LogP contribution in [0.5, 0.6) is 17.2 Å². The molecular weight excluding hydrogens is 1740 g/mol. The third-order valence-corrected chi connectivity index (χ3v) is 24.9. The first-order chi connectivity index (χ1) is 66.0. The molecule has 15 aromatic rings. The van der Waals surface area contributed by atoms with Crippen LogP contribution < -0.4 is 87.8 Å². The Balaban J connectivity index is 0.000000118. The van der Waals surface area contributed by atoms with Crippen molar-refractivity contribution in [2.45, 2.75) is 50.4 Å². The van der Waals surface area contributed by atoms with Crippen molar-refractivity contribution in [2.24, 2.45) is 0 Å². The van der Waals surface area contributed by atoms with Crippen LogP contribution in [0.15, 0.2) is 237 Å². The van der Waals surface area contributed by atoms with Crippen molar-refractivity contribution in [1.82, 2.24) is 78.1 Å². The van der Waals surface area contributed by atoms with Gasteiger partial charge in [0.05, 0.1) is 120 Å². The third kappa shape index (κ3) is 21.0. The van der Waals surface area contributed by atoms with Crippen molar-refractivity contribution in [2.75, 3.05) is 164 Å². The quantitative estimate of drug-likeness (QED) is 0.0596. The topological polar surface area (TPSA) is 348 Å². The van der Waals surface area contributed by atoms with Crippen LogP contribution in [0.25, 0.3) is 84.5 Å². The van der Waals surface area contributed by atoms with Crippen LogP contribution in [-0.2, 0) is 0 Å². The monoisotopic (exact) mass is 1840 g/mol. The molecule has 0 spiro atoms. The molecule has 32 nitrogen and oxygen atoms in total. The summed E-state index contributed by atoms with van der Waals surface area (Å²) in [5.41, 5.74) is 11.5. The minimum atomic E-state index is -0.533. The van der Waals surface area contributed by atoms with Gasteiger partial charge in [-0.1, -0.05) is 0 Å². The van der Waals surface area contributed by atoms with Gasteiger partial charge in [0.2, 0.25) is 0 Å². The van der Waals surface area contributed by atoms with Crippen molar-refractivity contribution >= 4 is 56.7 Å². The van der Waals surface area contributed by atoms with Crippen LogP contribution in [0.3, 0.4) is 0 Å². The molecule has 36 heteroatoms. The largest absolute Gasteiger partial charge is 0.495 e. The molecule has 4 atom stereocenters. The fraction of sp³-hybridized carbons (Fsp3) is 0.290. The van der Waals surface area contributed by atoms with Gasteiger partial charge in [-0.2, -0.15) is 10.5 Å². The van der Waals surface area contributed by atoms with Gasteiger partial charge in [-0.15, -0.1) is 0 Å². The summed E-state index contributed by atoms with van der Waals surface area (Å²) in [6.45, 7) is 17.4. The highest BCUT2D eigenvalue weighted by Crippen LogP contribution is 2.33. The molecule has 0 amide bonds. The second-order valence-electron chi connectivity index (χ2n) is 33.8. The first-order valence-electron chi connectivity index (χ1n) is 44.8. The smallest absolute Gasteiger partial charge is 0.258 e. The second kappa shape index (κ2) is 41.4. The number of hydrogen-bond acceptors (Lipinski definition) is 27. The molecule has 6 fully saturated rings. The molecule has 6 saturated heterocycles. The lowest BCUT2D eigenvalue weighted by molar-refractivity contribution is 0.0986. The van der Waals surface area contributed by atoms with Crippen molar-refractivity contribution in [3.8, 4) is 85.7 Å².